The standard InChI is InChI=1S/C18H16O5S/c1-21-15-6-4-11(7-14(15)20)3-5-13(19)12-8-17-18(24-10-23-17)9-16(12)22-2/h3-9,20H,10H2,1-2H3/b5-3+. The summed E-state index contributed by atoms with van der Waals surface area (Å²) in [6.07, 6.45) is 3.07. The van der Waals surface area contributed by atoms with Crippen LogP contribution >= 0.6 is 11.8 Å². The number of phenols is 1. The van der Waals surface area contributed by atoms with E-state index in [1.54, 1.807) is 36.0 Å². The summed E-state index contributed by atoms with van der Waals surface area (Å²) < 4.78 is 15.8. The van der Waals surface area contributed by atoms with E-state index < -0.39 is 0 Å². The average Bonchev–Trinajstić information content (AvgIpc) is 3.06. The Hall–Kier alpha value is -2.60. The van der Waals surface area contributed by atoms with Gasteiger partial charge < -0.3 is 19.3 Å². The van der Waals surface area contributed by atoms with Crippen molar-refractivity contribution >= 4 is 23.6 Å². The molecule has 5 nitrogen and oxygen atoms in total. The molecule has 24 heavy (non-hydrogen) atoms. The molecule has 0 unspecified atom stereocenters. The number of rotatable bonds is 5. The Morgan fingerprint density at radius 1 is 1.21 bits per heavy atom. The van der Waals surface area contributed by atoms with Gasteiger partial charge in [0, 0.05) is 0 Å². The van der Waals surface area contributed by atoms with Gasteiger partial charge in [-0.2, -0.15) is 0 Å². The van der Waals surface area contributed by atoms with Gasteiger partial charge in [-0.3, -0.25) is 4.79 Å². The van der Waals surface area contributed by atoms with Gasteiger partial charge in [-0.15, -0.1) is 0 Å². The fraction of sp³-hybridized carbons (Fsp3) is 0.167. The van der Waals surface area contributed by atoms with Crippen molar-refractivity contribution in [2.45, 2.75) is 4.90 Å². The molecule has 0 fully saturated rings. The lowest BCUT2D eigenvalue weighted by molar-refractivity contribution is 0.104. The van der Waals surface area contributed by atoms with Crippen molar-refractivity contribution in [3.05, 3.63) is 47.5 Å². The molecule has 1 heterocycles. The molecule has 1 aliphatic rings. The number of allylic oxidation sites excluding steroid dienone is 1. The predicted molar refractivity (Wildman–Crippen MR) is 92.4 cm³/mol. The van der Waals surface area contributed by atoms with Gasteiger partial charge >= 0.3 is 0 Å². The number of ether oxygens (including phenoxy) is 3. The summed E-state index contributed by atoms with van der Waals surface area (Å²) in [5, 5.41) is 9.78. The Morgan fingerprint density at radius 2 is 2.00 bits per heavy atom. The highest BCUT2D eigenvalue weighted by Gasteiger charge is 2.19. The quantitative estimate of drug-likeness (QED) is 0.658. The maximum Gasteiger partial charge on any atom is 0.189 e. The smallest absolute Gasteiger partial charge is 0.189 e. The highest BCUT2D eigenvalue weighted by Crippen LogP contribution is 2.40. The molecule has 1 N–H and O–H groups in total. The first-order valence-corrected chi connectivity index (χ1v) is 8.18. The highest BCUT2D eigenvalue weighted by molar-refractivity contribution is 7.99. The average molecular weight is 344 g/mol. The maximum atomic E-state index is 12.5. The van der Waals surface area contributed by atoms with Gasteiger partial charge in [0.15, 0.2) is 17.3 Å². The second-order valence-corrected chi connectivity index (χ2v) is 6.00. The lowest BCUT2D eigenvalue weighted by atomic mass is 10.1. The van der Waals surface area contributed by atoms with Crippen LogP contribution in [0.15, 0.2) is 41.3 Å². The molecule has 0 bridgehead atoms. The highest BCUT2D eigenvalue weighted by atomic mass is 32.2. The molecule has 0 saturated carbocycles. The molecule has 1 aliphatic heterocycles. The lowest BCUT2D eigenvalue weighted by Gasteiger charge is -2.08. The Bertz CT molecular complexity index is 813. The number of ketones is 1. The number of fused-ring (bicyclic) bond motifs is 1. The number of hydrogen-bond donors (Lipinski definition) is 1. The molecule has 0 spiro atoms. The van der Waals surface area contributed by atoms with Gasteiger partial charge in [-0.25, -0.2) is 0 Å². The summed E-state index contributed by atoms with van der Waals surface area (Å²) in [7, 11) is 3.01. The normalized spacial score (nSPS) is 12.8. The van der Waals surface area contributed by atoms with Gasteiger partial charge in [-0.05, 0) is 35.9 Å². The third-order valence-electron chi connectivity index (χ3n) is 3.59. The van der Waals surface area contributed by atoms with Crippen molar-refractivity contribution in [2.24, 2.45) is 0 Å². The van der Waals surface area contributed by atoms with E-state index in [-0.39, 0.29) is 11.5 Å². The lowest BCUT2D eigenvalue weighted by Crippen LogP contribution is -1.99. The number of aromatic hydroxyl groups is 1. The Kier molecular flexibility index (Phi) is 4.66. The number of carbonyl (C=O) groups excluding carboxylic acids is 1. The van der Waals surface area contributed by atoms with Crippen LogP contribution in [-0.4, -0.2) is 31.0 Å². The summed E-state index contributed by atoms with van der Waals surface area (Å²) in [6.45, 7) is 0. The second-order valence-electron chi connectivity index (χ2n) is 5.03. The van der Waals surface area contributed by atoms with Crippen molar-refractivity contribution in [2.75, 3.05) is 20.2 Å². The molecule has 2 aromatic carbocycles. The Balaban J connectivity index is 1.86. The molecule has 6 heteroatoms. The summed E-state index contributed by atoms with van der Waals surface area (Å²) in [5.41, 5.74) is 1.13. The molecule has 3 rings (SSSR count). The predicted octanol–water partition coefficient (Wildman–Crippen LogP) is 3.75. The van der Waals surface area contributed by atoms with E-state index in [4.69, 9.17) is 14.2 Å². The van der Waals surface area contributed by atoms with E-state index in [1.807, 2.05) is 6.07 Å². The largest absolute Gasteiger partial charge is 0.504 e. The van der Waals surface area contributed by atoms with Crippen LogP contribution in [0.5, 0.6) is 23.0 Å². The van der Waals surface area contributed by atoms with E-state index in [1.165, 1.54) is 26.4 Å². The van der Waals surface area contributed by atoms with Crippen molar-refractivity contribution in [3.8, 4) is 23.0 Å². The topological polar surface area (TPSA) is 65.0 Å². The molecular weight excluding hydrogens is 328 g/mol. The fourth-order valence-electron chi connectivity index (χ4n) is 2.36. The van der Waals surface area contributed by atoms with E-state index in [0.717, 1.165) is 4.90 Å². The third kappa shape index (κ3) is 3.19. The van der Waals surface area contributed by atoms with Crippen molar-refractivity contribution in [1.82, 2.24) is 0 Å². The molecule has 124 valence electrons. The summed E-state index contributed by atoms with van der Waals surface area (Å²) in [6, 6.07) is 8.43. The molecule has 0 aliphatic carbocycles. The molecule has 0 saturated heterocycles. The van der Waals surface area contributed by atoms with Crippen LogP contribution in [-0.2, 0) is 0 Å². The van der Waals surface area contributed by atoms with Gasteiger partial charge in [0.05, 0.1) is 24.7 Å². The number of benzene rings is 2. The molecule has 0 radical (unpaired) electrons. The van der Waals surface area contributed by atoms with Gasteiger partial charge in [0.25, 0.3) is 0 Å². The van der Waals surface area contributed by atoms with Crippen molar-refractivity contribution < 1.29 is 24.1 Å². The van der Waals surface area contributed by atoms with Crippen molar-refractivity contribution in [3.63, 3.8) is 0 Å². The van der Waals surface area contributed by atoms with Crippen LogP contribution in [0.2, 0.25) is 0 Å². The van der Waals surface area contributed by atoms with E-state index >= 15 is 0 Å². The zero-order valence-corrected chi connectivity index (χ0v) is 14.1. The van der Waals surface area contributed by atoms with E-state index in [0.29, 0.717) is 34.3 Å². The van der Waals surface area contributed by atoms with Gasteiger partial charge in [-0.1, -0.05) is 23.9 Å². The minimum absolute atomic E-state index is 0.0210. The first kappa shape index (κ1) is 16.3. The monoisotopic (exact) mass is 344 g/mol. The van der Waals surface area contributed by atoms with E-state index in [9.17, 15) is 9.90 Å². The Morgan fingerprint density at radius 3 is 2.71 bits per heavy atom. The number of carbonyl (C=O) groups is 1. The minimum atomic E-state index is -0.203. The number of hydrogen-bond acceptors (Lipinski definition) is 6. The first-order valence-electron chi connectivity index (χ1n) is 7.19. The van der Waals surface area contributed by atoms with Crippen LogP contribution < -0.4 is 14.2 Å². The maximum absolute atomic E-state index is 12.5. The molecule has 0 aromatic heterocycles. The summed E-state index contributed by atoms with van der Waals surface area (Å²) >= 11 is 1.56. The molecule has 0 atom stereocenters. The molecule has 2 aromatic rings. The van der Waals surface area contributed by atoms with Gasteiger partial charge in [0.2, 0.25) is 0 Å². The second kappa shape index (κ2) is 6.88. The minimum Gasteiger partial charge on any atom is -0.504 e. The number of phenolic OH excluding ortho intramolecular Hbond substituents is 1. The zero-order valence-electron chi connectivity index (χ0n) is 13.2. The van der Waals surface area contributed by atoms with E-state index in [2.05, 4.69) is 0 Å². The molecular formula is C18H16O5S. The van der Waals surface area contributed by atoms with Crippen LogP contribution in [0.3, 0.4) is 0 Å². The summed E-state index contributed by atoms with van der Waals surface area (Å²) in [5.74, 6) is 1.95. The molecule has 0 amide bonds. The third-order valence-corrected chi connectivity index (χ3v) is 4.46. The van der Waals surface area contributed by atoms with Gasteiger partial charge in [0.1, 0.15) is 17.4 Å². The first-order chi connectivity index (χ1) is 11.6. The Labute approximate surface area is 143 Å². The van der Waals surface area contributed by atoms with Crippen LogP contribution in [0, 0.1) is 0 Å². The number of methoxy groups -OCH3 is 2. The van der Waals surface area contributed by atoms with Crippen LogP contribution in [0.4, 0.5) is 0 Å². The fourth-order valence-corrected chi connectivity index (χ4v) is 3.12. The van der Waals surface area contributed by atoms with Crippen LogP contribution in [0.1, 0.15) is 15.9 Å². The summed E-state index contributed by atoms with van der Waals surface area (Å²) in [4.78, 5) is 13.5. The number of thioether (sulfide) groups is 1. The van der Waals surface area contributed by atoms with Crippen molar-refractivity contribution in [1.29, 1.82) is 0 Å². The van der Waals surface area contributed by atoms with Crippen LogP contribution in [0.25, 0.3) is 6.08 Å². The SMILES string of the molecule is COc1ccc(/C=C/C(=O)c2cc3c(cc2OC)SCO3)cc1O. The zero-order chi connectivity index (χ0) is 17.1.